The lowest BCUT2D eigenvalue weighted by atomic mass is 10.3. The molecular formula is C9H8F2N2O2S. The van der Waals surface area contributed by atoms with E-state index in [1.807, 2.05) is 0 Å². The van der Waals surface area contributed by atoms with Crippen LogP contribution >= 0.6 is 0 Å². The van der Waals surface area contributed by atoms with E-state index in [-0.39, 0.29) is 0 Å². The van der Waals surface area contributed by atoms with Crippen molar-refractivity contribution in [1.82, 2.24) is 4.31 Å². The second-order valence-corrected chi connectivity index (χ2v) is 5.01. The Bertz CT molecular complexity index is 537. The summed E-state index contributed by atoms with van der Waals surface area (Å²) in [6, 6.07) is 3.73. The van der Waals surface area contributed by atoms with Gasteiger partial charge in [-0.3, -0.25) is 0 Å². The summed E-state index contributed by atoms with van der Waals surface area (Å²) in [7, 11) is -3.04. The van der Waals surface area contributed by atoms with Gasteiger partial charge in [-0.15, -0.1) is 0 Å². The fourth-order valence-electron chi connectivity index (χ4n) is 1.03. The van der Waals surface area contributed by atoms with E-state index < -0.39 is 33.1 Å². The Balaban J connectivity index is 3.28. The maximum absolute atomic E-state index is 13.2. The molecule has 0 fully saturated rings. The number of nitriles is 1. The molecular weight excluding hydrogens is 238 g/mol. The van der Waals surface area contributed by atoms with Crippen LogP contribution in [0.25, 0.3) is 0 Å². The Hall–Kier alpha value is -1.52. The molecule has 1 rings (SSSR count). The minimum atomic E-state index is -4.16. The fourth-order valence-corrected chi connectivity index (χ4v) is 2.17. The van der Waals surface area contributed by atoms with Crippen LogP contribution in [0, 0.1) is 23.0 Å². The van der Waals surface area contributed by atoms with Crippen LogP contribution in [-0.4, -0.2) is 26.3 Å². The van der Waals surface area contributed by atoms with Gasteiger partial charge in [0.05, 0.1) is 6.07 Å². The van der Waals surface area contributed by atoms with Gasteiger partial charge in [0.1, 0.15) is 23.1 Å². The van der Waals surface area contributed by atoms with Crippen molar-refractivity contribution in [2.45, 2.75) is 4.90 Å². The highest BCUT2D eigenvalue weighted by Crippen LogP contribution is 2.18. The predicted molar refractivity (Wildman–Crippen MR) is 51.8 cm³/mol. The number of nitrogens with zero attached hydrogens (tertiary/aromatic N) is 2. The summed E-state index contributed by atoms with van der Waals surface area (Å²) in [6.45, 7) is -0.432. The lowest BCUT2D eigenvalue weighted by molar-refractivity contribution is 0.488. The molecule has 1 aromatic rings. The third-order valence-electron chi connectivity index (χ3n) is 1.87. The van der Waals surface area contributed by atoms with Gasteiger partial charge in [0, 0.05) is 7.05 Å². The normalized spacial score (nSPS) is 11.4. The standard InChI is InChI=1S/C9H8F2N2O2S/c1-13(5-4-12)16(14,15)9-6-7(10)2-3-8(9)11/h2-3,6H,5H2,1H3. The molecule has 86 valence electrons. The average molecular weight is 246 g/mol. The molecule has 16 heavy (non-hydrogen) atoms. The Labute approximate surface area is 91.8 Å². The number of hydrogen-bond acceptors (Lipinski definition) is 3. The zero-order chi connectivity index (χ0) is 12.3. The molecule has 7 heteroatoms. The van der Waals surface area contributed by atoms with Gasteiger partial charge in [0.15, 0.2) is 0 Å². The van der Waals surface area contributed by atoms with E-state index in [1.54, 1.807) is 6.07 Å². The minimum absolute atomic E-state index is 0.432. The summed E-state index contributed by atoms with van der Waals surface area (Å²) in [6.07, 6.45) is 0. The number of rotatable bonds is 3. The predicted octanol–water partition coefficient (Wildman–Crippen LogP) is 1.11. The summed E-state index contributed by atoms with van der Waals surface area (Å²) in [5, 5.41) is 8.35. The van der Waals surface area contributed by atoms with Crippen LogP contribution in [0.5, 0.6) is 0 Å². The molecule has 4 nitrogen and oxygen atoms in total. The molecule has 0 atom stereocenters. The van der Waals surface area contributed by atoms with Crippen molar-refractivity contribution < 1.29 is 17.2 Å². The minimum Gasteiger partial charge on any atom is -0.207 e. The van der Waals surface area contributed by atoms with Crippen LogP contribution in [0.2, 0.25) is 0 Å². The largest absolute Gasteiger partial charge is 0.246 e. The molecule has 0 saturated carbocycles. The van der Waals surface area contributed by atoms with Gasteiger partial charge in [0.2, 0.25) is 10.0 Å². The van der Waals surface area contributed by atoms with Crippen LogP contribution in [0.4, 0.5) is 8.78 Å². The topological polar surface area (TPSA) is 61.2 Å². The number of benzene rings is 1. The molecule has 1 aromatic carbocycles. The third-order valence-corrected chi connectivity index (χ3v) is 3.69. The van der Waals surface area contributed by atoms with Crippen molar-refractivity contribution in [3.63, 3.8) is 0 Å². The van der Waals surface area contributed by atoms with Gasteiger partial charge >= 0.3 is 0 Å². The highest BCUT2D eigenvalue weighted by Gasteiger charge is 2.24. The third kappa shape index (κ3) is 2.35. The van der Waals surface area contributed by atoms with Crippen LogP contribution in [-0.2, 0) is 10.0 Å². The van der Waals surface area contributed by atoms with Crippen LogP contribution < -0.4 is 0 Å². The molecule has 0 aliphatic heterocycles. The van der Waals surface area contributed by atoms with E-state index >= 15 is 0 Å². The van der Waals surface area contributed by atoms with Crippen molar-refractivity contribution in [1.29, 1.82) is 5.26 Å². The van der Waals surface area contributed by atoms with Gasteiger partial charge in [-0.2, -0.15) is 9.57 Å². The summed E-state index contributed by atoms with van der Waals surface area (Å²) >= 11 is 0. The number of halogens is 2. The zero-order valence-corrected chi connectivity index (χ0v) is 9.13. The SMILES string of the molecule is CN(CC#N)S(=O)(=O)c1cc(F)ccc1F. The monoisotopic (exact) mass is 246 g/mol. The van der Waals surface area contributed by atoms with Gasteiger partial charge in [0.25, 0.3) is 0 Å². The molecule has 0 aromatic heterocycles. The number of sulfonamides is 1. The van der Waals surface area contributed by atoms with E-state index in [4.69, 9.17) is 5.26 Å². The van der Waals surface area contributed by atoms with E-state index in [0.29, 0.717) is 10.4 Å². The van der Waals surface area contributed by atoms with Crippen molar-refractivity contribution in [2.75, 3.05) is 13.6 Å². The summed E-state index contributed by atoms with van der Waals surface area (Å²) in [5.41, 5.74) is 0. The highest BCUT2D eigenvalue weighted by atomic mass is 32.2. The van der Waals surface area contributed by atoms with Crippen molar-refractivity contribution in [3.05, 3.63) is 29.8 Å². The van der Waals surface area contributed by atoms with Crippen molar-refractivity contribution >= 4 is 10.0 Å². The van der Waals surface area contributed by atoms with E-state index in [1.165, 1.54) is 0 Å². The molecule has 0 amide bonds. The van der Waals surface area contributed by atoms with E-state index in [0.717, 1.165) is 19.2 Å². The summed E-state index contributed by atoms with van der Waals surface area (Å²) in [5.74, 6) is -1.91. The Morgan fingerprint density at radius 1 is 1.44 bits per heavy atom. The van der Waals surface area contributed by atoms with Gasteiger partial charge in [-0.05, 0) is 18.2 Å². The maximum Gasteiger partial charge on any atom is 0.246 e. The smallest absolute Gasteiger partial charge is 0.207 e. The molecule has 0 aliphatic rings. The quantitative estimate of drug-likeness (QED) is 0.750. The molecule has 0 bridgehead atoms. The first kappa shape index (κ1) is 12.5. The van der Waals surface area contributed by atoms with Crippen LogP contribution in [0.3, 0.4) is 0 Å². The van der Waals surface area contributed by atoms with Gasteiger partial charge in [-0.1, -0.05) is 0 Å². The fraction of sp³-hybridized carbons (Fsp3) is 0.222. The lowest BCUT2D eigenvalue weighted by Gasteiger charge is -2.13. The molecule has 0 heterocycles. The summed E-state index contributed by atoms with van der Waals surface area (Å²) in [4.78, 5) is -0.773. The first-order valence-corrected chi connectivity index (χ1v) is 5.62. The second-order valence-electron chi connectivity index (χ2n) is 2.99. The first-order valence-electron chi connectivity index (χ1n) is 4.18. The molecule has 0 saturated heterocycles. The van der Waals surface area contributed by atoms with Gasteiger partial charge in [-0.25, -0.2) is 17.2 Å². The molecule has 0 unspecified atom stereocenters. The van der Waals surface area contributed by atoms with Crippen LogP contribution in [0.15, 0.2) is 23.1 Å². The molecule has 0 spiro atoms. The molecule has 0 N–H and O–H groups in total. The zero-order valence-electron chi connectivity index (χ0n) is 8.31. The van der Waals surface area contributed by atoms with Crippen molar-refractivity contribution in [3.8, 4) is 6.07 Å². The summed E-state index contributed by atoms with van der Waals surface area (Å²) < 4.78 is 50.0. The molecule has 0 aliphatic carbocycles. The van der Waals surface area contributed by atoms with Crippen molar-refractivity contribution in [2.24, 2.45) is 0 Å². The van der Waals surface area contributed by atoms with Crippen LogP contribution in [0.1, 0.15) is 0 Å². The average Bonchev–Trinajstić information content (AvgIpc) is 2.22. The van der Waals surface area contributed by atoms with E-state index in [2.05, 4.69) is 0 Å². The number of hydrogen-bond donors (Lipinski definition) is 0. The molecule has 0 radical (unpaired) electrons. The first-order chi connectivity index (χ1) is 7.39. The van der Waals surface area contributed by atoms with Gasteiger partial charge < -0.3 is 0 Å². The highest BCUT2D eigenvalue weighted by molar-refractivity contribution is 7.89. The Kier molecular flexibility index (Phi) is 3.57. The second kappa shape index (κ2) is 4.55. The lowest BCUT2D eigenvalue weighted by Crippen LogP contribution is -2.28. The maximum atomic E-state index is 13.2. The Morgan fingerprint density at radius 3 is 2.62 bits per heavy atom. The Morgan fingerprint density at radius 2 is 2.06 bits per heavy atom. The van der Waals surface area contributed by atoms with E-state index in [9.17, 15) is 17.2 Å².